The number of halogens is 1. The van der Waals surface area contributed by atoms with Crippen LogP contribution in [0.25, 0.3) is 0 Å². The lowest BCUT2D eigenvalue weighted by atomic mass is 10.1. The van der Waals surface area contributed by atoms with Gasteiger partial charge in [0, 0.05) is 25.3 Å². The van der Waals surface area contributed by atoms with Crippen molar-refractivity contribution in [3.8, 4) is 5.75 Å². The molecule has 25 heavy (non-hydrogen) atoms. The van der Waals surface area contributed by atoms with E-state index < -0.39 is 5.82 Å². The quantitative estimate of drug-likeness (QED) is 0.876. The van der Waals surface area contributed by atoms with Crippen molar-refractivity contribution in [3.63, 3.8) is 0 Å². The predicted octanol–water partition coefficient (Wildman–Crippen LogP) is 2.77. The van der Waals surface area contributed by atoms with E-state index >= 15 is 0 Å². The van der Waals surface area contributed by atoms with E-state index in [1.165, 1.54) is 6.07 Å². The first-order valence-corrected chi connectivity index (χ1v) is 8.55. The normalized spacial score (nSPS) is 17.2. The molecule has 0 spiro atoms. The number of nitrogens with one attached hydrogen (secondary N) is 1. The summed E-state index contributed by atoms with van der Waals surface area (Å²) in [6.45, 7) is 1.85. The maximum Gasteiger partial charge on any atom is 0.223 e. The smallest absolute Gasteiger partial charge is 0.223 e. The molecule has 1 fully saturated rings. The lowest BCUT2D eigenvalue weighted by molar-refractivity contribution is -0.122. The third-order valence-corrected chi connectivity index (χ3v) is 4.18. The van der Waals surface area contributed by atoms with E-state index in [0.717, 1.165) is 31.7 Å². The number of anilines is 1. The summed E-state index contributed by atoms with van der Waals surface area (Å²) in [5.74, 6) is 0.615. The summed E-state index contributed by atoms with van der Waals surface area (Å²) < 4.78 is 18.8. The van der Waals surface area contributed by atoms with E-state index in [2.05, 4.69) is 15.2 Å². The molecular weight excluding hydrogens is 321 g/mol. The third-order valence-electron chi connectivity index (χ3n) is 4.18. The van der Waals surface area contributed by atoms with Crippen molar-refractivity contribution in [1.82, 2.24) is 10.3 Å². The molecule has 1 aromatic heterocycles. The Kier molecular flexibility index (Phi) is 5.82. The average molecular weight is 343 g/mol. The predicted molar refractivity (Wildman–Crippen MR) is 94.1 cm³/mol. The Bertz CT molecular complexity index is 696. The number of nitrogens with zero attached hydrogens (tertiary/aromatic N) is 2. The van der Waals surface area contributed by atoms with Gasteiger partial charge in [-0.25, -0.2) is 9.37 Å². The summed E-state index contributed by atoms with van der Waals surface area (Å²) in [5, 5.41) is 3.04. The molecule has 6 heteroatoms. The van der Waals surface area contributed by atoms with Gasteiger partial charge in [-0.3, -0.25) is 4.79 Å². The molecule has 1 aliphatic heterocycles. The zero-order valence-corrected chi connectivity index (χ0v) is 14.0. The van der Waals surface area contributed by atoms with E-state index in [1.807, 2.05) is 18.2 Å². The van der Waals surface area contributed by atoms with Gasteiger partial charge < -0.3 is 15.0 Å². The van der Waals surface area contributed by atoms with Crippen molar-refractivity contribution in [2.75, 3.05) is 24.6 Å². The summed E-state index contributed by atoms with van der Waals surface area (Å²) in [4.78, 5) is 18.7. The molecule has 1 saturated heterocycles. The highest BCUT2D eigenvalue weighted by Crippen LogP contribution is 2.18. The van der Waals surface area contributed by atoms with E-state index in [9.17, 15) is 9.18 Å². The third kappa shape index (κ3) is 4.92. The van der Waals surface area contributed by atoms with Crippen LogP contribution in [0.2, 0.25) is 0 Å². The number of hydrogen-bond donors (Lipinski definition) is 1. The molecule has 0 aliphatic carbocycles. The van der Waals surface area contributed by atoms with Gasteiger partial charge in [-0.2, -0.15) is 0 Å². The van der Waals surface area contributed by atoms with Gasteiger partial charge in [-0.05, 0) is 37.1 Å². The number of rotatable bonds is 6. The number of amides is 1. The molecule has 2 heterocycles. The molecule has 0 bridgehead atoms. The second-order valence-corrected chi connectivity index (χ2v) is 6.07. The van der Waals surface area contributed by atoms with Crippen molar-refractivity contribution >= 4 is 11.7 Å². The number of carbonyl (C=O) groups excluding carboxylic acids is 1. The van der Waals surface area contributed by atoms with Crippen LogP contribution in [0, 0.1) is 5.82 Å². The molecule has 132 valence electrons. The van der Waals surface area contributed by atoms with Crippen LogP contribution in [0.3, 0.4) is 0 Å². The molecule has 1 aliphatic rings. The Hall–Kier alpha value is -2.63. The van der Waals surface area contributed by atoms with Crippen molar-refractivity contribution < 1.29 is 13.9 Å². The highest BCUT2D eigenvalue weighted by molar-refractivity contribution is 5.76. The van der Waals surface area contributed by atoms with Crippen molar-refractivity contribution in [3.05, 3.63) is 54.5 Å². The van der Waals surface area contributed by atoms with Crippen LogP contribution in [0.15, 0.2) is 48.7 Å². The Morgan fingerprint density at radius 2 is 2.12 bits per heavy atom. The van der Waals surface area contributed by atoms with Crippen LogP contribution in [0.5, 0.6) is 5.75 Å². The van der Waals surface area contributed by atoms with Crippen molar-refractivity contribution in [2.45, 2.75) is 25.3 Å². The Morgan fingerprint density at radius 1 is 1.28 bits per heavy atom. The molecule has 2 aromatic rings. The minimum absolute atomic E-state index is 0.0794. The van der Waals surface area contributed by atoms with Gasteiger partial charge in [0.15, 0.2) is 11.6 Å². The number of aromatic nitrogens is 1. The monoisotopic (exact) mass is 343 g/mol. The van der Waals surface area contributed by atoms with Crippen molar-refractivity contribution in [2.24, 2.45) is 0 Å². The zero-order valence-electron chi connectivity index (χ0n) is 14.0. The molecule has 3 rings (SSSR count). The summed E-state index contributed by atoms with van der Waals surface area (Å²) in [5.41, 5.74) is 0. The van der Waals surface area contributed by atoms with Gasteiger partial charge in [0.25, 0.3) is 0 Å². The van der Waals surface area contributed by atoms with E-state index in [0.29, 0.717) is 0 Å². The maximum atomic E-state index is 13.5. The van der Waals surface area contributed by atoms with E-state index in [4.69, 9.17) is 4.74 Å². The summed E-state index contributed by atoms with van der Waals surface area (Å²) in [6.07, 6.45) is 3.93. The highest BCUT2D eigenvalue weighted by atomic mass is 19.1. The topological polar surface area (TPSA) is 54.5 Å². The summed E-state index contributed by atoms with van der Waals surface area (Å²) in [6, 6.07) is 12.1. The first-order valence-electron chi connectivity index (χ1n) is 8.55. The fourth-order valence-corrected chi connectivity index (χ4v) is 2.96. The van der Waals surface area contributed by atoms with Crippen LogP contribution in [-0.4, -0.2) is 36.6 Å². The molecule has 0 radical (unpaired) electrons. The first kappa shape index (κ1) is 17.2. The number of benzene rings is 1. The zero-order chi connectivity index (χ0) is 17.5. The second-order valence-electron chi connectivity index (χ2n) is 6.07. The lowest BCUT2D eigenvalue weighted by Gasteiger charge is -2.34. The minimum atomic E-state index is -0.416. The fourth-order valence-electron chi connectivity index (χ4n) is 2.96. The van der Waals surface area contributed by atoms with Crippen LogP contribution in [-0.2, 0) is 4.79 Å². The standard InChI is InChI=1S/C19H22FN3O2/c20-16-7-1-2-8-17(16)25-13-10-19(24)22-15-6-5-12-23(14-15)18-9-3-4-11-21-18/h1-4,7-9,11,15H,5-6,10,12-14H2,(H,22,24)/t15-/m0/s1. The number of piperidine rings is 1. The van der Waals surface area contributed by atoms with Crippen LogP contribution >= 0.6 is 0 Å². The second kappa shape index (κ2) is 8.46. The number of pyridine rings is 1. The summed E-state index contributed by atoms with van der Waals surface area (Å²) >= 11 is 0. The minimum Gasteiger partial charge on any atom is -0.490 e. The maximum absolute atomic E-state index is 13.5. The van der Waals surface area contributed by atoms with Crippen LogP contribution in [0.1, 0.15) is 19.3 Å². The first-order chi connectivity index (χ1) is 12.2. The molecule has 1 aromatic carbocycles. The van der Waals surface area contributed by atoms with Crippen LogP contribution in [0.4, 0.5) is 10.2 Å². The van der Waals surface area contributed by atoms with Gasteiger partial charge in [0.1, 0.15) is 5.82 Å². The molecule has 1 N–H and O–H groups in total. The molecule has 1 atom stereocenters. The van der Waals surface area contributed by atoms with Gasteiger partial charge in [-0.15, -0.1) is 0 Å². The molecular formula is C19H22FN3O2. The lowest BCUT2D eigenvalue weighted by Crippen LogP contribution is -2.48. The van der Waals surface area contributed by atoms with Crippen molar-refractivity contribution in [1.29, 1.82) is 0 Å². The molecule has 5 nitrogen and oxygen atoms in total. The Morgan fingerprint density at radius 3 is 2.92 bits per heavy atom. The van der Waals surface area contributed by atoms with Gasteiger partial charge in [0.05, 0.1) is 13.0 Å². The SMILES string of the molecule is O=C(CCOc1ccccc1F)N[C@H]1CCCN(c2ccccn2)C1. The number of para-hydroxylation sites is 1. The highest BCUT2D eigenvalue weighted by Gasteiger charge is 2.22. The largest absolute Gasteiger partial charge is 0.490 e. The van der Waals surface area contributed by atoms with E-state index in [1.54, 1.807) is 24.4 Å². The number of carbonyl (C=O) groups is 1. The number of ether oxygens (including phenoxy) is 1. The van der Waals surface area contributed by atoms with Crippen LogP contribution < -0.4 is 15.0 Å². The van der Waals surface area contributed by atoms with Gasteiger partial charge >= 0.3 is 0 Å². The number of hydrogen-bond acceptors (Lipinski definition) is 4. The fraction of sp³-hybridized carbons (Fsp3) is 0.368. The van der Waals surface area contributed by atoms with E-state index in [-0.39, 0.29) is 30.7 Å². The Balaban J connectivity index is 1.44. The molecule has 0 unspecified atom stereocenters. The van der Waals surface area contributed by atoms with Gasteiger partial charge in [0.2, 0.25) is 5.91 Å². The molecule has 0 saturated carbocycles. The molecule has 1 amide bonds. The average Bonchev–Trinajstić information content (AvgIpc) is 2.64. The Labute approximate surface area is 146 Å². The van der Waals surface area contributed by atoms with Gasteiger partial charge in [-0.1, -0.05) is 18.2 Å². The summed E-state index contributed by atoms with van der Waals surface area (Å²) in [7, 11) is 0.